The summed E-state index contributed by atoms with van der Waals surface area (Å²) in [6.45, 7) is 7.17. The quantitative estimate of drug-likeness (QED) is 0.717. The molecule has 0 aromatic rings. The number of carbonyl (C=O) groups excluding carboxylic acids is 1. The zero-order valence-electron chi connectivity index (χ0n) is 11.1. The number of thiocarbonyl (C=S) groups is 1. The normalized spacial score (nSPS) is 27.6. The van der Waals surface area contributed by atoms with Crippen molar-refractivity contribution in [1.29, 1.82) is 0 Å². The zero-order valence-corrected chi connectivity index (χ0v) is 11.9. The number of hydrogen-bond acceptors (Lipinski definition) is 2. The van der Waals surface area contributed by atoms with E-state index in [1.165, 1.54) is 0 Å². The molecule has 0 aromatic heterocycles. The molecule has 4 heteroatoms. The van der Waals surface area contributed by atoms with Crippen molar-refractivity contribution in [2.75, 3.05) is 6.54 Å². The van der Waals surface area contributed by atoms with Crippen molar-refractivity contribution in [3.05, 3.63) is 0 Å². The lowest BCUT2D eigenvalue weighted by Crippen LogP contribution is -2.56. The summed E-state index contributed by atoms with van der Waals surface area (Å²) < 4.78 is 0. The summed E-state index contributed by atoms with van der Waals surface area (Å²) in [6.07, 6.45) is 3.79. The summed E-state index contributed by atoms with van der Waals surface area (Å²) in [4.78, 5) is 12.6. The van der Waals surface area contributed by atoms with Gasteiger partial charge in [-0.05, 0) is 24.7 Å². The Hall–Kier alpha value is -0.640. The average Bonchev–Trinajstić information content (AvgIpc) is 2.25. The van der Waals surface area contributed by atoms with Crippen LogP contribution in [0.5, 0.6) is 0 Å². The van der Waals surface area contributed by atoms with Crippen LogP contribution in [0.2, 0.25) is 0 Å². The Morgan fingerprint density at radius 3 is 2.35 bits per heavy atom. The second-order valence-corrected chi connectivity index (χ2v) is 5.79. The maximum absolute atomic E-state index is 12.2. The van der Waals surface area contributed by atoms with Gasteiger partial charge in [-0.2, -0.15) is 0 Å². The lowest BCUT2D eigenvalue weighted by atomic mass is 9.62. The number of carbonyl (C=O) groups is 1. The van der Waals surface area contributed by atoms with E-state index in [0.717, 1.165) is 32.2 Å². The van der Waals surface area contributed by atoms with Crippen LogP contribution < -0.4 is 11.1 Å². The molecule has 0 bridgehead atoms. The standard InChI is InChI=1S/C13H24N2OS/c1-4-10(5-2)8-15-12(16)13(11(14)17)6-9(3)7-13/h9-10H,4-8H2,1-3H3,(H2,14,17)(H,15,16). The SMILES string of the molecule is CCC(CC)CNC(=O)C1(C(N)=S)CC(C)C1. The molecule has 1 aliphatic rings. The molecule has 0 aromatic carbocycles. The molecule has 1 amide bonds. The largest absolute Gasteiger partial charge is 0.392 e. The molecule has 98 valence electrons. The lowest BCUT2D eigenvalue weighted by molar-refractivity contribution is -0.133. The van der Waals surface area contributed by atoms with Crippen LogP contribution in [-0.4, -0.2) is 17.4 Å². The summed E-state index contributed by atoms with van der Waals surface area (Å²) >= 11 is 5.06. The third kappa shape index (κ3) is 2.97. The Bertz CT molecular complexity index is 294. The van der Waals surface area contributed by atoms with Crippen molar-refractivity contribution in [2.24, 2.45) is 23.0 Å². The van der Waals surface area contributed by atoms with Crippen molar-refractivity contribution < 1.29 is 4.79 Å². The van der Waals surface area contributed by atoms with Crippen molar-refractivity contribution in [3.63, 3.8) is 0 Å². The topological polar surface area (TPSA) is 55.1 Å². The van der Waals surface area contributed by atoms with Gasteiger partial charge in [0.25, 0.3) is 0 Å². The van der Waals surface area contributed by atoms with Crippen molar-refractivity contribution in [3.8, 4) is 0 Å². The number of nitrogens with two attached hydrogens (primary N) is 1. The summed E-state index contributed by atoms with van der Waals surface area (Å²) in [5, 5.41) is 3.02. The fraction of sp³-hybridized carbons (Fsp3) is 0.846. The second-order valence-electron chi connectivity index (χ2n) is 5.35. The molecule has 0 heterocycles. The Morgan fingerprint density at radius 1 is 1.47 bits per heavy atom. The molecular weight excluding hydrogens is 232 g/mol. The molecule has 1 fully saturated rings. The van der Waals surface area contributed by atoms with Gasteiger partial charge in [0.1, 0.15) is 0 Å². The molecule has 0 aliphatic heterocycles. The van der Waals surface area contributed by atoms with Gasteiger partial charge >= 0.3 is 0 Å². The third-order valence-corrected chi connectivity index (χ3v) is 4.40. The predicted octanol–water partition coefficient (Wildman–Crippen LogP) is 2.24. The highest BCUT2D eigenvalue weighted by Crippen LogP contribution is 2.45. The highest BCUT2D eigenvalue weighted by molar-refractivity contribution is 7.80. The molecule has 0 unspecified atom stereocenters. The highest BCUT2D eigenvalue weighted by atomic mass is 32.1. The molecule has 0 spiro atoms. The van der Waals surface area contributed by atoms with E-state index in [1.54, 1.807) is 0 Å². The van der Waals surface area contributed by atoms with Crippen LogP contribution in [0.1, 0.15) is 46.5 Å². The fourth-order valence-corrected chi connectivity index (χ4v) is 2.87. The van der Waals surface area contributed by atoms with Gasteiger partial charge in [0, 0.05) is 6.54 Å². The van der Waals surface area contributed by atoms with Gasteiger partial charge in [0.15, 0.2) is 0 Å². The van der Waals surface area contributed by atoms with Gasteiger partial charge in [-0.15, -0.1) is 0 Å². The highest BCUT2D eigenvalue weighted by Gasteiger charge is 2.50. The van der Waals surface area contributed by atoms with Crippen molar-refractivity contribution in [1.82, 2.24) is 5.32 Å². The molecule has 0 saturated heterocycles. The van der Waals surface area contributed by atoms with Gasteiger partial charge in [0.2, 0.25) is 5.91 Å². The molecule has 3 nitrogen and oxygen atoms in total. The molecule has 3 N–H and O–H groups in total. The number of hydrogen-bond donors (Lipinski definition) is 2. The van der Waals surface area contributed by atoms with Gasteiger partial charge in [-0.3, -0.25) is 4.79 Å². The van der Waals surface area contributed by atoms with Crippen LogP contribution in [-0.2, 0) is 4.79 Å². The minimum Gasteiger partial charge on any atom is -0.392 e. The van der Waals surface area contributed by atoms with Crippen LogP contribution in [0, 0.1) is 17.3 Å². The van der Waals surface area contributed by atoms with Gasteiger partial charge in [-0.25, -0.2) is 0 Å². The minimum atomic E-state index is -0.555. The van der Waals surface area contributed by atoms with Gasteiger partial charge < -0.3 is 11.1 Å². The molecule has 1 rings (SSSR count). The van der Waals surface area contributed by atoms with E-state index in [-0.39, 0.29) is 5.91 Å². The number of rotatable bonds is 6. The smallest absolute Gasteiger partial charge is 0.233 e. The summed E-state index contributed by atoms with van der Waals surface area (Å²) in [5.74, 6) is 1.14. The Balaban J connectivity index is 2.54. The second kappa shape index (κ2) is 5.80. The molecule has 1 saturated carbocycles. The molecular formula is C13H24N2OS. The summed E-state index contributed by atoms with van der Waals surface area (Å²) in [5.41, 5.74) is 5.18. The first kappa shape index (κ1) is 14.4. The van der Waals surface area contributed by atoms with E-state index in [0.29, 0.717) is 16.8 Å². The molecule has 17 heavy (non-hydrogen) atoms. The monoisotopic (exact) mass is 256 g/mol. The first-order valence-electron chi connectivity index (χ1n) is 6.54. The van der Waals surface area contributed by atoms with Crippen molar-refractivity contribution in [2.45, 2.75) is 46.5 Å². The summed E-state index contributed by atoms with van der Waals surface area (Å²) in [7, 11) is 0. The van der Waals surface area contributed by atoms with E-state index < -0.39 is 5.41 Å². The van der Waals surface area contributed by atoms with Crippen LogP contribution in [0.3, 0.4) is 0 Å². The van der Waals surface area contributed by atoms with Crippen molar-refractivity contribution >= 4 is 23.1 Å². The minimum absolute atomic E-state index is 0.0370. The Morgan fingerprint density at radius 2 is 2.00 bits per heavy atom. The molecule has 0 radical (unpaired) electrons. The zero-order chi connectivity index (χ0) is 13.1. The Kier molecular flexibility index (Phi) is 4.92. The van der Waals surface area contributed by atoms with Crippen LogP contribution in [0.25, 0.3) is 0 Å². The predicted molar refractivity (Wildman–Crippen MR) is 74.7 cm³/mol. The van der Waals surface area contributed by atoms with Crippen LogP contribution in [0.15, 0.2) is 0 Å². The fourth-order valence-electron chi connectivity index (χ4n) is 2.61. The third-order valence-electron chi connectivity index (χ3n) is 4.01. The van der Waals surface area contributed by atoms with E-state index >= 15 is 0 Å². The van der Waals surface area contributed by atoms with Gasteiger partial charge in [-0.1, -0.05) is 45.8 Å². The van der Waals surface area contributed by atoms with E-state index in [1.807, 2.05) is 0 Å². The summed E-state index contributed by atoms with van der Waals surface area (Å²) in [6, 6.07) is 0. The van der Waals surface area contributed by atoms with E-state index in [9.17, 15) is 4.79 Å². The average molecular weight is 256 g/mol. The maximum atomic E-state index is 12.2. The Labute approximate surface area is 110 Å². The van der Waals surface area contributed by atoms with E-state index in [2.05, 4.69) is 26.1 Å². The number of nitrogens with one attached hydrogen (secondary N) is 1. The van der Waals surface area contributed by atoms with Crippen LogP contribution in [0.4, 0.5) is 0 Å². The molecule has 1 aliphatic carbocycles. The first-order chi connectivity index (χ1) is 7.96. The maximum Gasteiger partial charge on any atom is 0.233 e. The van der Waals surface area contributed by atoms with Crippen LogP contribution >= 0.6 is 12.2 Å². The molecule has 0 atom stereocenters. The van der Waals surface area contributed by atoms with E-state index in [4.69, 9.17) is 18.0 Å². The number of amides is 1. The van der Waals surface area contributed by atoms with Gasteiger partial charge in [0.05, 0.1) is 10.4 Å². The lowest BCUT2D eigenvalue weighted by Gasteiger charge is -2.44. The first-order valence-corrected chi connectivity index (χ1v) is 6.95.